The van der Waals surface area contributed by atoms with Crippen molar-refractivity contribution in [3.05, 3.63) is 47.4 Å². The van der Waals surface area contributed by atoms with Gasteiger partial charge >= 0.3 is 10.3 Å². The lowest BCUT2D eigenvalue weighted by molar-refractivity contribution is -0.0219. The number of hydrogen-bond donors (Lipinski definition) is 4. The fourth-order valence-corrected chi connectivity index (χ4v) is 6.30. The average Bonchev–Trinajstić information content (AvgIpc) is 3.44. The van der Waals surface area contributed by atoms with E-state index in [0.29, 0.717) is 5.75 Å². The number of aliphatic hydroxyl groups is 2. The number of hydrogen-bond acceptors (Lipinski definition) is 10. The number of fused-ring (bicyclic) bond motifs is 2. The largest absolute Gasteiger partial charge is 0.388 e. The first-order chi connectivity index (χ1) is 15.3. The zero-order valence-electron chi connectivity index (χ0n) is 17.0. The highest BCUT2D eigenvalue weighted by molar-refractivity contribution is 7.99. The molecule has 1 aromatic carbocycles. The number of aliphatic hydroxyl groups excluding tert-OH is 2. The molecule has 1 aromatic heterocycles. The van der Waals surface area contributed by atoms with E-state index in [9.17, 15) is 18.6 Å². The van der Waals surface area contributed by atoms with Crippen LogP contribution in [0.5, 0.6) is 0 Å². The van der Waals surface area contributed by atoms with E-state index < -0.39 is 41.3 Å². The van der Waals surface area contributed by atoms with Crippen molar-refractivity contribution in [1.29, 1.82) is 0 Å². The standard InChI is InChI=1S/C20H24N4O6S2/c21-32(27,28)29-7-14-16(25)17(26)18(30-14)12-8-31-19-15(12)22-9-23-20(19)24-13-6-5-10-3-1-2-4-11(10)13/h1-4,9,12-14,16-18,25-26H,5-8H2,(H2,21,27,28)(H,22,23,24)/t12?,13-,14+,16+,17+,18-/m0/s1. The summed E-state index contributed by atoms with van der Waals surface area (Å²) in [5.41, 5.74) is 3.35. The van der Waals surface area contributed by atoms with Crippen molar-refractivity contribution < 1.29 is 27.6 Å². The molecule has 1 aliphatic carbocycles. The van der Waals surface area contributed by atoms with Gasteiger partial charge in [0.15, 0.2) is 0 Å². The number of aromatic nitrogens is 2. The van der Waals surface area contributed by atoms with Crippen molar-refractivity contribution in [1.82, 2.24) is 9.97 Å². The number of ether oxygens (including phenoxy) is 1. The van der Waals surface area contributed by atoms with Crippen molar-refractivity contribution in [3.63, 3.8) is 0 Å². The Morgan fingerprint density at radius 1 is 1.25 bits per heavy atom. The van der Waals surface area contributed by atoms with Crippen LogP contribution < -0.4 is 10.5 Å². The highest BCUT2D eigenvalue weighted by Crippen LogP contribution is 2.47. The topological polar surface area (TPSA) is 157 Å². The lowest BCUT2D eigenvalue weighted by Gasteiger charge is -2.21. The monoisotopic (exact) mass is 480 g/mol. The van der Waals surface area contributed by atoms with Gasteiger partial charge in [0.1, 0.15) is 30.5 Å². The molecular formula is C20H24N4O6S2. The van der Waals surface area contributed by atoms with Crippen molar-refractivity contribution in [2.24, 2.45) is 5.14 Å². The maximum Gasteiger partial charge on any atom is 0.333 e. The van der Waals surface area contributed by atoms with Crippen LogP contribution in [0.4, 0.5) is 5.82 Å². The number of thioether (sulfide) groups is 1. The molecule has 32 heavy (non-hydrogen) atoms. The summed E-state index contributed by atoms with van der Waals surface area (Å²) in [6.45, 7) is -0.474. The quantitative estimate of drug-likeness (QED) is 0.458. The third-order valence-corrected chi connectivity index (χ3v) is 7.91. The number of rotatable bonds is 6. The fourth-order valence-electron chi connectivity index (χ4n) is 4.68. The van der Waals surface area contributed by atoms with Gasteiger partial charge in [0.25, 0.3) is 0 Å². The van der Waals surface area contributed by atoms with Gasteiger partial charge in [-0.2, -0.15) is 8.42 Å². The smallest absolute Gasteiger partial charge is 0.333 e. The van der Waals surface area contributed by atoms with Crippen molar-refractivity contribution in [2.45, 2.75) is 54.1 Å². The second kappa shape index (κ2) is 8.52. The van der Waals surface area contributed by atoms with E-state index >= 15 is 0 Å². The molecular weight excluding hydrogens is 456 g/mol. The van der Waals surface area contributed by atoms with Crippen molar-refractivity contribution >= 4 is 27.9 Å². The first-order valence-electron chi connectivity index (χ1n) is 10.3. The molecule has 1 saturated heterocycles. The Hall–Kier alpha value is -1.80. The minimum Gasteiger partial charge on any atom is -0.388 e. The molecule has 172 valence electrons. The summed E-state index contributed by atoms with van der Waals surface area (Å²) in [6, 6.07) is 8.53. The van der Waals surface area contributed by atoms with Crippen molar-refractivity contribution in [3.8, 4) is 0 Å². The molecule has 12 heteroatoms. The van der Waals surface area contributed by atoms with Crippen LogP contribution in [0.15, 0.2) is 35.5 Å². The number of nitrogens with zero attached hydrogens (tertiary/aromatic N) is 2. The number of benzene rings is 1. The summed E-state index contributed by atoms with van der Waals surface area (Å²) >= 11 is 1.57. The minimum absolute atomic E-state index is 0.166. The molecule has 3 aliphatic rings. The van der Waals surface area contributed by atoms with Gasteiger partial charge in [-0.1, -0.05) is 24.3 Å². The third kappa shape index (κ3) is 4.12. The lowest BCUT2D eigenvalue weighted by Crippen LogP contribution is -2.37. The second-order valence-corrected chi connectivity index (χ2v) is 10.4. The molecule has 5 rings (SSSR count). The van der Waals surface area contributed by atoms with Gasteiger partial charge in [-0.25, -0.2) is 15.1 Å². The van der Waals surface area contributed by atoms with Crippen LogP contribution in [0.2, 0.25) is 0 Å². The zero-order chi connectivity index (χ0) is 22.5. The van der Waals surface area contributed by atoms with Crippen LogP contribution in [0, 0.1) is 0 Å². The molecule has 10 nitrogen and oxygen atoms in total. The Morgan fingerprint density at radius 2 is 2.06 bits per heavy atom. The molecule has 5 N–H and O–H groups in total. The lowest BCUT2D eigenvalue weighted by atomic mass is 9.94. The maximum absolute atomic E-state index is 11.1. The Balaban J connectivity index is 1.34. The molecule has 0 radical (unpaired) electrons. The SMILES string of the molecule is NS(=O)(=O)OC[C@H]1O[C@@H](C2CSc3c(N[C@H]4CCc5ccccc54)ncnc32)[C@H](O)[C@@H]1O. The van der Waals surface area contributed by atoms with Crippen LogP contribution in [0.1, 0.15) is 35.2 Å². The van der Waals surface area contributed by atoms with Gasteiger partial charge in [0.2, 0.25) is 0 Å². The number of nitrogens with two attached hydrogens (primary N) is 1. The van der Waals surface area contributed by atoms with Crippen LogP contribution in [0.3, 0.4) is 0 Å². The summed E-state index contributed by atoms with van der Waals surface area (Å²) in [4.78, 5) is 9.80. The Kier molecular flexibility index (Phi) is 5.86. The van der Waals surface area contributed by atoms with E-state index in [-0.39, 0.29) is 12.0 Å². The van der Waals surface area contributed by atoms with Crippen LogP contribution in [-0.4, -0.2) is 65.4 Å². The number of anilines is 1. The van der Waals surface area contributed by atoms with E-state index in [1.807, 2.05) is 12.1 Å². The summed E-state index contributed by atoms with van der Waals surface area (Å²) in [7, 11) is -4.18. The van der Waals surface area contributed by atoms with E-state index in [0.717, 1.165) is 29.2 Å². The Bertz CT molecular complexity index is 1120. The molecule has 2 aliphatic heterocycles. The maximum atomic E-state index is 11.1. The minimum atomic E-state index is -4.18. The second-order valence-electron chi connectivity index (χ2n) is 8.19. The molecule has 6 atom stereocenters. The van der Waals surface area contributed by atoms with Crippen molar-refractivity contribution in [2.75, 3.05) is 17.7 Å². The number of nitrogens with one attached hydrogen (secondary N) is 1. The first kappa shape index (κ1) is 22.0. The van der Waals surface area contributed by atoms with E-state index in [2.05, 4.69) is 31.6 Å². The summed E-state index contributed by atoms with van der Waals surface area (Å²) in [5, 5.41) is 29.3. The molecule has 0 spiro atoms. The van der Waals surface area contributed by atoms with E-state index in [1.54, 1.807) is 11.8 Å². The number of aryl methyl sites for hydroxylation is 1. The summed E-state index contributed by atoms with van der Waals surface area (Å²) in [5.74, 6) is 1.03. The van der Waals surface area contributed by atoms with Gasteiger partial charge in [-0.15, -0.1) is 11.8 Å². The van der Waals surface area contributed by atoms with Gasteiger partial charge in [-0.05, 0) is 24.0 Å². The highest BCUT2D eigenvalue weighted by atomic mass is 32.2. The first-order valence-corrected chi connectivity index (χ1v) is 12.8. The predicted octanol–water partition coefficient (Wildman–Crippen LogP) is 0.475. The van der Waals surface area contributed by atoms with E-state index in [4.69, 9.17) is 9.88 Å². The zero-order valence-corrected chi connectivity index (χ0v) is 18.6. The predicted molar refractivity (Wildman–Crippen MR) is 116 cm³/mol. The van der Waals surface area contributed by atoms with Crippen LogP contribution in [0.25, 0.3) is 0 Å². The molecule has 1 unspecified atom stereocenters. The average molecular weight is 481 g/mol. The molecule has 1 fully saturated rings. The summed E-state index contributed by atoms with van der Waals surface area (Å²) in [6.07, 6.45) is -0.813. The van der Waals surface area contributed by atoms with Gasteiger partial charge in [-0.3, -0.25) is 4.18 Å². The Labute approximate surface area is 189 Å². The van der Waals surface area contributed by atoms with Gasteiger partial charge in [0.05, 0.1) is 29.3 Å². The van der Waals surface area contributed by atoms with Crippen LogP contribution in [-0.2, 0) is 25.6 Å². The van der Waals surface area contributed by atoms with Gasteiger partial charge < -0.3 is 20.3 Å². The summed E-state index contributed by atoms with van der Waals surface area (Å²) < 4.78 is 32.5. The van der Waals surface area contributed by atoms with Crippen LogP contribution >= 0.6 is 11.8 Å². The molecule has 0 bridgehead atoms. The van der Waals surface area contributed by atoms with E-state index in [1.165, 1.54) is 17.5 Å². The Morgan fingerprint density at radius 3 is 2.88 bits per heavy atom. The normalized spacial score (nSPS) is 31.5. The highest BCUT2D eigenvalue weighted by Gasteiger charge is 2.49. The molecule has 0 amide bonds. The fraction of sp³-hybridized carbons (Fsp3) is 0.500. The van der Waals surface area contributed by atoms with Gasteiger partial charge in [0, 0.05) is 11.7 Å². The molecule has 3 heterocycles. The molecule has 0 saturated carbocycles. The third-order valence-electron chi connectivity index (χ3n) is 6.23. The molecule has 2 aromatic rings.